The maximum absolute atomic E-state index is 5.02. The number of hydrogen-bond donors (Lipinski definition) is 0. The zero-order valence-electron chi connectivity index (χ0n) is 30.2. The maximum atomic E-state index is 5.02. The van der Waals surface area contributed by atoms with E-state index < -0.39 is 0 Å². The van der Waals surface area contributed by atoms with Crippen LogP contribution < -0.4 is 0 Å². The molecule has 1 heterocycles. The van der Waals surface area contributed by atoms with Crippen molar-refractivity contribution in [2.24, 2.45) is 0 Å². The monoisotopic (exact) mass is 700 g/mol. The van der Waals surface area contributed by atoms with Gasteiger partial charge in [0.25, 0.3) is 0 Å². The normalized spacial score (nSPS) is 12.5. The van der Waals surface area contributed by atoms with Gasteiger partial charge >= 0.3 is 0 Å². The second-order valence-electron chi connectivity index (χ2n) is 14.1. The van der Waals surface area contributed by atoms with E-state index in [1.807, 2.05) is 36.4 Å². The van der Waals surface area contributed by atoms with E-state index >= 15 is 0 Å². The summed E-state index contributed by atoms with van der Waals surface area (Å²) >= 11 is 0. The van der Waals surface area contributed by atoms with Gasteiger partial charge in [0.05, 0.1) is 16.8 Å². The second kappa shape index (κ2) is 13.7. The van der Waals surface area contributed by atoms with Crippen molar-refractivity contribution in [3.8, 4) is 67.3 Å². The Kier molecular flexibility index (Phi) is 8.08. The summed E-state index contributed by atoms with van der Waals surface area (Å²) < 4.78 is 0. The molecule has 2 heteroatoms. The molecule has 0 aliphatic heterocycles. The third kappa shape index (κ3) is 5.67. The molecule has 1 aliphatic rings. The van der Waals surface area contributed by atoms with Crippen molar-refractivity contribution in [2.45, 2.75) is 5.41 Å². The Morgan fingerprint density at radius 1 is 0.273 bits per heavy atom. The summed E-state index contributed by atoms with van der Waals surface area (Å²) in [4.78, 5) is 9.97. The van der Waals surface area contributed by atoms with Crippen LogP contribution in [-0.2, 0) is 5.41 Å². The van der Waals surface area contributed by atoms with E-state index in [2.05, 4.69) is 182 Å². The average molecular weight is 701 g/mol. The zero-order chi connectivity index (χ0) is 36.6. The van der Waals surface area contributed by atoms with E-state index in [1.54, 1.807) is 0 Å². The van der Waals surface area contributed by atoms with Gasteiger partial charge in [-0.05, 0) is 67.8 Å². The van der Waals surface area contributed by atoms with E-state index in [-0.39, 0.29) is 5.41 Å². The predicted molar refractivity (Wildman–Crippen MR) is 227 cm³/mol. The molecule has 0 saturated carbocycles. The Hall–Kier alpha value is -7.16. The molecule has 10 rings (SSSR count). The molecule has 9 aromatic rings. The van der Waals surface area contributed by atoms with Crippen molar-refractivity contribution in [1.29, 1.82) is 0 Å². The summed E-state index contributed by atoms with van der Waals surface area (Å²) in [5.74, 6) is 0.720. The van der Waals surface area contributed by atoms with Gasteiger partial charge in [0.1, 0.15) is 0 Å². The molecule has 0 saturated heterocycles. The van der Waals surface area contributed by atoms with Gasteiger partial charge in [-0.15, -0.1) is 0 Å². The Morgan fingerprint density at radius 3 is 1.24 bits per heavy atom. The Balaban J connectivity index is 0.985. The first-order chi connectivity index (χ1) is 27.3. The first-order valence-corrected chi connectivity index (χ1v) is 18.8. The third-order valence-electron chi connectivity index (χ3n) is 11.0. The van der Waals surface area contributed by atoms with Crippen LogP contribution in [0.4, 0.5) is 0 Å². The standard InChI is InChI=1S/C53H36N2/c1-5-15-40(16-6-1)50-36-51(55-52(54-50)42-17-7-2-8-18-42)41-31-29-38(30-32-41)37-25-27-39(28-26-37)43-33-34-49-47(35-43)46-23-13-14-24-48(46)53(49,44-19-9-3-10-20-44)45-21-11-4-12-22-45/h1-36H. The number of aromatic nitrogens is 2. The van der Waals surface area contributed by atoms with Crippen LogP contribution in [0.3, 0.4) is 0 Å². The lowest BCUT2D eigenvalue weighted by Gasteiger charge is -2.33. The summed E-state index contributed by atoms with van der Waals surface area (Å²) in [6.07, 6.45) is 0. The molecule has 258 valence electrons. The van der Waals surface area contributed by atoms with Gasteiger partial charge in [0.15, 0.2) is 5.82 Å². The first kappa shape index (κ1) is 32.5. The summed E-state index contributed by atoms with van der Waals surface area (Å²) in [5, 5.41) is 0. The molecule has 1 aliphatic carbocycles. The minimum atomic E-state index is -0.388. The average Bonchev–Trinajstić information content (AvgIpc) is 3.58. The molecular weight excluding hydrogens is 665 g/mol. The summed E-state index contributed by atoms with van der Waals surface area (Å²) in [6, 6.07) is 78.2. The van der Waals surface area contributed by atoms with Gasteiger partial charge in [0, 0.05) is 16.7 Å². The van der Waals surface area contributed by atoms with Gasteiger partial charge in [-0.2, -0.15) is 0 Å². The molecular formula is C53H36N2. The Labute approximate surface area is 322 Å². The van der Waals surface area contributed by atoms with Crippen molar-refractivity contribution in [1.82, 2.24) is 9.97 Å². The molecule has 0 unspecified atom stereocenters. The van der Waals surface area contributed by atoms with E-state index in [4.69, 9.17) is 9.97 Å². The third-order valence-corrected chi connectivity index (χ3v) is 11.0. The summed E-state index contributed by atoms with van der Waals surface area (Å²) in [5.41, 5.74) is 17.1. The van der Waals surface area contributed by atoms with E-state index in [0.29, 0.717) is 0 Å². The molecule has 0 atom stereocenters. The molecule has 0 bridgehead atoms. The highest BCUT2D eigenvalue weighted by Gasteiger charge is 2.45. The van der Waals surface area contributed by atoms with E-state index in [0.717, 1.165) is 39.5 Å². The fraction of sp³-hybridized carbons (Fsp3) is 0.0189. The Bertz CT molecular complexity index is 2660. The predicted octanol–water partition coefficient (Wildman–Crippen LogP) is 13.2. The lowest BCUT2D eigenvalue weighted by atomic mass is 9.67. The van der Waals surface area contributed by atoms with Crippen LogP contribution in [0.2, 0.25) is 0 Å². The molecule has 0 amide bonds. The zero-order valence-corrected chi connectivity index (χ0v) is 30.2. The van der Waals surface area contributed by atoms with Crippen LogP contribution in [0, 0.1) is 0 Å². The van der Waals surface area contributed by atoms with Crippen LogP contribution in [0.1, 0.15) is 22.3 Å². The molecule has 1 aromatic heterocycles. The molecule has 0 fully saturated rings. The topological polar surface area (TPSA) is 25.8 Å². The maximum Gasteiger partial charge on any atom is 0.160 e. The highest BCUT2D eigenvalue weighted by atomic mass is 14.9. The van der Waals surface area contributed by atoms with Gasteiger partial charge < -0.3 is 0 Å². The minimum absolute atomic E-state index is 0.388. The second-order valence-corrected chi connectivity index (χ2v) is 14.1. The van der Waals surface area contributed by atoms with Gasteiger partial charge in [0.2, 0.25) is 0 Å². The van der Waals surface area contributed by atoms with Crippen LogP contribution >= 0.6 is 0 Å². The largest absolute Gasteiger partial charge is 0.228 e. The highest BCUT2D eigenvalue weighted by molar-refractivity contribution is 5.89. The molecule has 0 radical (unpaired) electrons. The number of nitrogens with zero attached hydrogens (tertiary/aromatic N) is 2. The number of hydrogen-bond acceptors (Lipinski definition) is 2. The molecule has 2 nitrogen and oxygen atoms in total. The number of rotatable bonds is 7. The van der Waals surface area contributed by atoms with Crippen molar-refractivity contribution < 1.29 is 0 Å². The highest BCUT2D eigenvalue weighted by Crippen LogP contribution is 2.56. The molecule has 55 heavy (non-hydrogen) atoms. The van der Waals surface area contributed by atoms with Crippen molar-refractivity contribution >= 4 is 0 Å². The molecule has 0 spiro atoms. The first-order valence-electron chi connectivity index (χ1n) is 18.8. The molecule has 0 N–H and O–H groups in total. The lowest BCUT2D eigenvalue weighted by molar-refractivity contribution is 0.768. The van der Waals surface area contributed by atoms with Crippen molar-refractivity contribution in [3.63, 3.8) is 0 Å². The summed E-state index contributed by atoms with van der Waals surface area (Å²) in [7, 11) is 0. The van der Waals surface area contributed by atoms with Gasteiger partial charge in [-0.25, -0.2) is 9.97 Å². The summed E-state index contributed by atoms with van der Waals surface area (Å²) in [6.45, 7) is 0. The Morgan fingerprint density at radius 2 is 0.673 bits per heavy atom. The van der Waals surface area contributed by atoms with Crippen LogP contribution in [0.5, 0.6) is 0 Å². The number of fused-ring (bicyclic) bond motifs is 3. The van der Waals surface area contributed by atoms with Crippen LogP contribution in [0.25, 0.3) is 67.3 Å². The fourth-order valence-corrected chi connectivity index (χ4v) is 8.39. The van der Waals surface area contributed by atoms with Crippen molar-refractivity contribution in [2.75, 3.05) is 0 Å². The van der Waals surface area contributed by atoms with E-state index in [9.17, 15) is 0 Å². The quantitative estimate of drug-likeness (QED) is 0.165. The fourth-order valence-electron chi connectivity index (χ4n) is 8.39. The SMILES string of the molecule is c1ccc(-c2cc(-c3ccc(-c4ccc(-c5ccc6c(c5)-c5ccccc5C6(c5ccccc5)c5ccccc5)cc4)cc3)nc(-c3ccccc3)n2)cc1. The molecule has 8 aromatic carbocycles. The van der Waals surface area contributed by atoms with Gasteiger partial charge in [-0.1, -0.05) is 206 Å². The minimum Gasteiger partial charge on any atom is -0.228 e. The van der Waals surface area contributed by atoms with E-state index in [1.165, 1.54) is 50.1 Å². The van der Waals surface area contributed by atoms with Gasteiger partial charge in [-0.3, -0.25) is 0 Å². The smallest absolute Gasteiger partial charge is 0.160 e. The van der Waals surface area contributed by atoms with Crippen LogP contribution in [0.15, 0.2) is 218 Å². The van der Waals surface area contributed by atoms with Crippen molar-refractivity contribution in [3.05, 3.63) is 241 Å². The lowest BCUT2D eigenvalue weighted by Crippen LogP contribution is -2.28. The number of benzene rings is 8. The van der Waals surface area contributed by atoms with Crippen LogP contribution in [-0.4, -0.2) is 9.97 Å².